The lowest BCUT2D eigenvalue weighted by atomic mass is 10.1. The Kier molecular flexibility index (Phi) is 9.30. The molecule has 0 saturated carbocycles. The number of hydrogen-bond donors (Lipinski definition) is 3. The predicted molar refractivity (Wildman–Crippen MR) is 145 cm³/mol. The van der Waals surface area contributed by atoms with E-state index in [9.17, 15) is 14.0 Å². The van der Waals surface area contributed by atoms with Crippen LogP contribution in [-0.2, 0) is 18.3 Å². The van der Waals surface area contributed by atoms with E-state index in [1.165, 1.54) is 12.1 Å². The van der Waals surface area contributed by atoms with Crippen LogP contribution in [0.15, 0.2) is 42.7 Å². The third-order valence-electron chi connectivity index (χ3n) is 6.58. The predicted octanol–water partition coefficient (Wildman–Crippen LogP) is 3.39. The number of halogens is 2. The lowest BCUT2D eigenvalue weighted by Gasteiger charge is -2.25. The van der Waals surface area contributed by atoms with Gasteiger partial charge in [-0.05, 0) is 56.0 Å². The van der Waals surface area contributed by atoms with Crippen LogP contribution in [0.25, 0.3) is 11.3 Å². The fourth-order valence-corrected chi connectivity index (χ4v) is 4.90. The van der Waals surface area contributed by atoms with Crippen LogP contribution in [0.2, 0.25) is 5.02 Å². The third kappa shape index (κ3) is 6.87. The van der Waals surface area contributed by atoms with Crippen molar-refractivity contribution in [3.8, 4) is 11.3 Å². The summed E-state index contributed by atoms with van der Waals surface area (Å²) in [7, 11) is 1.80. The highest BCUT2D eigenvalue weighted by Gasteiger charge is 2.29. The minimum absolute atomic E-state index is 0.0632. The molecule has 1 atom stereocenters. The minimum atomic E-state index is -0.341. The maximum Gasteiger partial charge on any atom is 0.255 e. The topological polar surface area (TPSA) is 118 Å². The Morgan fingerprint density at radius 3 is 2.87 bits per heavy atom. The molecular weight excluding hydrogens is 509 g/mol. The quantitative estimate of drug-likeness (QED) is 0.342. The number of anilines is 1. The van der Waals surface area contributed by atoms with Crippen molar-refractivity contribution in [2.45, 2.75) is 38.1 Å². The summed E-state index contributed by atoms with van der Waals surface area (Å²) in [4.78, 5) is 32.4. The number of nitrogens with two attached hydrogens (primary N) is 1. The average molecular weight is 542 g/mol. The number of aryl methyl sites for hydroxylation is 1. The summed E-state index contributed by atoms with van der Waals surface area (Å²) in [6.45, 7) is 1.91. The first kappa shape index (κ1) is 27.5. The van der Waals surface area contributed by atoms with E-state index in [-0.39, 0.29) is 23.7 Å². The van der Waals surface area contributed by atoms with Crippen molar-refractivity contribution in [1.29, 1.82) is 0 Å². The summed E-state index contributed by atoms with van der Waals surface area (Å²) >= 11 is 6.56. The number of pyridine rings is 1. The molecule has 3 heterocycles. The van der Waals surface area contributed by atoms with E-state index in [4.69, 9.17) is 17.3 Å². The van der Waals surface area contributed by atoms with Crippen molar-refractivity contribution >= 4 is 29.2 Å². The number of aromatic nitrogens is 3. The van der Waals surface area contributed by atoms with Gasteiger partial charge in [-0.15, -0.1) is 0 Å². The second-order valence-electron chi connectivity index (χ2n) is 9.41. The van der Waals surface area contributed by atoms with E-state index < -0.39 is 0 Å². The fourth-order valence-electron chi connectivity index (χ4n) is 4.64. The molecule has 202 valence electrons. The van der Waals surface area contributed by atoms with Crippen molar-refractivity contribution in [3.63, 3.8) is 0 Å². The van der Waals surface area contributed by atoms with Gasteiger partial charge in [-0.2, -0.15) is 5.10 Å². The van der Waals surface area contributed by atoms with Crippen LogP contribution >= 0.6 is 11.6 Å². The summed E-state index contributed by atoms with van der Waals surface area (Å²) in [5, 5.41) is 10.7. The molecule has 38 heavy (non-hydrogen) atoms. The van der Waals surface area contributed by atoms with Gasteiger partial charge in [0, 0.05) is 50.9 Å². The Morgan fingerprint density at radius 1 is 1.29 bits per heavy atom. The Hall–Kier alpha value is -3.50. The molecule has 1 aliphatic heterocycles. The van der Waals surface area contributed by atoms with Gasteiger partial charge in [-0.25, -0.2) is 9.37 Å². The zero-order valence-electron chi connectivity index (χ0n) is 21.4. The van der Waals surface area contributed by atoms with Crippen molar-refractivity contribution in [2.75, 3.05) is 31.5 Å². The van der Waals surface area contributed by atoms with Crippen LogP contribution in [0.5, 0.6) is 0 Å². The van der Waals surface area contributed by atoms with Crippen LogP contribution in [0.3, 0.4) is 0 Å². The van der Waals surface area contributed by atoms with Crippen LogP contribution in [-0.4, -0.2) is 63.7 Å². The first-order valence-corrected chi connectivity index (χ1v) is 13.2. The first-order chi connectivity index (χ1) is 18.4. The molecule has 0 radical (unpaired) electrons. The molecule has 11 heteroatoms. The number of amides is 2. The Labute approximate surface area is 226 Å². The SMILES string of the molecule is Cn1cc(-c2nc(NCCc3cccc(F)c3)c(C(=O)NC[C@H]3CCCN3C(=O)CCCN)cc2Cl)cn1. The standard InChI is InChI=1S/C27H33ClFN7O2/c1-35-17-19(15-33-35)25-23(28)14-22(26(34-25)31-11-9-18-5-2-6-20(29)13-18)27(38)32-16-21-7-4-12-36(21)24(37)8-3-10-30/h2,5-6,13-15,17,21H,3-4,7-12,16,30H2,1H3,(H,31,34)(H,32,38)/t21-/m1/s1. The molecule has 2 aromatic heterocycles. The molecule has 0 unspecified atom stereocenters. The molecule has 1 fully saturated rings. The number of nitrogens with one attached hydrogen (secondary N) is 2. The summed E-state index contributed by atoms with van der Waals surface area (Å²) in [6, 6.07) is 7.92. The molecule has 0 spiro atoms. The number of hydrogen-bond acceptors (Lipinski definition) is 6. The molecule has 4 N–H and O–H groups in total. The molecule has 2 amide bonds. The Morgan fingerprint density at radius 2 is 2.13 bits per heavy atom. The largest absolute Gasteiger partial charge is 0.369 e. The van der Waals surface area contributed by atoms with Crippen LogP contribution < -0.4 is 16.4 Å². The molecule has 0 bridgehead atoms. The summed E-state index contributed by atoms with van der Waals surface area (Å²) in [5.74, 6) is -0.206. The van der Waals surface area contributed by atoms with E-state index in [0.29, 0.717) is 67.5 Å². The molecule has 0 aliphatic carbocycles. The zero-order valence-corrected chi connectivity index (χ0v) is 22.2. The van der Waals surface area contributed by atoms with Gasteiger partial charge in [0.1, 0.15) is 11.6 Å². The highest BCUT2D eigenvalue weighted by Crippen LogP contribution is 2.30. The first-order valence-electron chi connectivity index (χ1n) is 12.8. The van der Waals surface area contributed by atoms with Gasteiger partial charge >= 0.3 is 0 Å². The fraction of sp³-hybridized carbons (Fsp3) is 0.407. The van der Waals surface area contributed by atoms with Crippen molar-refractivity contribution in [2.24, 2.45) is 12.8 Å². The van der Waals surface area contributed by atoms with Crippen LogP contribution in [0.4, 0.5) is 10.2 Å². The minimum Gasteiger partial charge on any atom is -0.369 e. The molecule has 4 rings (SSSR count). The number of benzene rings is 1. The molecule has 9 nitrogen and oxygen atoms in total. The zero-order chi connectivity index (χ0) is 27.1. The maximum atomic E-state index is 13.6. The Bertz CT molecular complexity index is 1280. The van der Waals surface area contributed by atoms with Gasteiger partial charge in [0.05, 0.1) is 22.5 Å². The molecular formula is C27H33ClFN7O2. The lowest BCUT2D eigenvalue weighted by molar-refractivity contribution is -0.132. The number of carbonyl (C=O) groups is 2. The normalized spacial score (nSPS) is 15.1. The summed E-state index contributed by atoms with van der Waals surface area (Å²) in [5.41, 5.74) is 7.88. The smallest absolute Gasteiger partial charge is 0.255 e. The van der Waals surface area contributed by atoms with E-state index >= 15 is 0 Å². The van der Waals surface area contributed by atoms with E-state index in [1.807, 2.05) is 11.0 Å². The molecule has 3 aromatic rings. The van der Waals surface area contributed by atoms with Gasteiger partial charge < -0.3 is 21.3 Å². The average Bonchev–Trinajstić information content (AvgIpc) is 3.55. The van der Waals surface area contributed by atoms with E-state index in [2.05, 4.69) is 20.7 Å². The summed E-state index contributed by atoms with van der Waals surface area (Å²) in [6.07, 6.45) is 6.76. The van der Waals surface area contributed by atoms with Gasteiger partial charge in [-0.1, -0.05) is 23.7 Å². The Balaban J connectivity index is 1.50. The second-order valence-corrected chi connectivity index (χ2v) is 9.82. The maximum absolute atomic E-state index is 13.6. The van der Waals surface area contributed by atoms with Gasteiger partial charge in [0.15, 0.2) is 0 Å². The van der Waals surface area contributed by atoms with Crippen molar-refractivity contribution in [3.05, 3.63) is 64.7 Å². The lowest BCUT2D eigenvalue weighted by Crippen LogP contribution is -2.43. The van der Waals surface area contributed by atoms with Crippen LogP contribution in [0.1, 0.15) is 41.6 Å². The highest BCUT2D eigenvalue weighted by molar-refractivity contribution is 6.33. The number of rotatable bonds is 11. The number of carbonyl (C=O) groups excluding carboxylic acids is 2. The molecule has 1 aliphatic rings. The highest BCUT2D eigenvalue weighted by atomic mass is 35.5. The third-order valence-corrected chi connectivity index (χ3v) is 6.87. The van der Waals surface area contributed by atoms with Crippen LogP contribution in [0, 0.1) is 5.82 Å². The van der Waals surface area contributed by atoms with Crippen molar-refractivity contribution in [1.82, 2.24) is 25.0 Å². The summed E-state index contributed by atoms with van der Waals surface area (Å²) < 4.78 is 15.2. The second kappa shape index (κ2) is 12.8. The van der Waals surface area contributed by atoms with Gasteiger partial charge in [0.25, 0.3) is 5.91 Å². The monoisotopic (exact) mass is 541 g/mol. The number of nitrogens with zero attached hydrogens (tertiary/aromatic N) is 4. The molecule has 1 saturated heterocycles. The van der Waals surface area contributed by atoms with Crippen molar-refractivity contribution < 1.29 is 14.0 Å². The van der Waals surface area contributed by atoms with Gasteiger partial charge in [-0.3, -0.25) is 14.3 Å². The van der Waals surface area contributed by atoms with E-state index in [1.54, 1.807) is 36.3 Å². The van der Waals surface area contributed by atoms with E-state index in [0.717, 1.165) is 24.0 Å². The number of likely N-dealkylation sites (tertiary alicyclic amines) is 1. The molecule has 1 aromatic carbocycles. The van der Waals surface area contributed by atoms with Gasteiger partial charge in [0.2, 0.25) is 5.91 Å².